The third-order valence-electron chi connectivity index (χ3n) is 3.67. The maximum absolute atomic E-state index is 12.2. The molecule has 0 saturated carbocycles. The molecule has 2 aliphatic heterocycles. The first-order valence-electron chi connectivity index (χ1n) is 7.50. The molecule has 0 spiro atoms. The van der Waals surface area contributed by atoms with Crippen molar-refractivity contribution in [3.05, 3.63) is 27.2 Å². The first kappa shape index (κ1) is 15.6. The molecule has 0 unspecified atom stereocenters. The highest BCUT2D eigenvalue weighted by molar-refractivity contribution is 8.16. The highest BCUT2D eigenvalue weighted by Gasteiger charge is 2.26. The Morgan fingerprint density at radius 2 is 2.41 bits per heavy atom. The number of aromatic nitrogens is 1. The summed E-state index contributed by atoms with van der Waals surface area (Å²) >= 11 is 3.28. The number of nitrogens with zero attached hydrogens (tertiary/aromatic N) is 3. The smallest absolute Gasteiger partial charge is 0.225 e. The molecule has 7 heteroatoms. The molecular formula is C15H20N4OS2. The molecule has 0 bridgehead atoms. The Balaban J connectivity index is 1.49. The van der Waals surface area contributed by atoms with Crippen molar-refractivity contribution in [3.63, 3.8) is 0 Å². The third kappa shape index (κ3) is 3.52. The van der Waals surface area contributed by atoms with E-state index in [1.807, 2.05) is 12.3 Å². The van der Waals surface area contributed by atoms with E-state index >= 15 is 0 Å². The SMILES string of the molecule is Cc1csc([C@@H](C)CNC(=O)CC2=CSC3=NCCCN23)n1. The zero-order valence-electron chi connectivity index (χ0n) is 12.8. The Morgan fingerprint density at radius 1 is 1.55 bits per heavy atom. The monoisotopic (exact) mass is 336 g/mol. The minimum absolute atomic E-state index is 0.0683. The van der Waals surface area contributed by atoms with Gasteiger partial charge >= 0.3 is 0 Å². The van der Waals surface area contributed by atoms with Gasteiger partial charge in [0.1, 0.15) is 0 Å². The van der Waals surface area contributed by atoms with E-state index in [4.69, 9.17) is 0 Å². The van der Waals surface area contributed by atoms with E-state index in [0.717, 1.165) is 41.1 Å². The van der Waals surface area contributed by atoms with Crippen molar-refractivity contribution in [1.29, 1.82) is 0 Å². The van der Waals surface area contributed by atoms with Crippen molar-refractivity contribution in [2.45, 2.75) is 32.6 Å². The average Bonchev–Trinajstić information content (AvgIpc) is 3.12. The summed E-state index contributed by atoms with van der Waals surface area (Å²) in [5, 5.41) is 9.25. The molecule has 1 aromatic heterocycles. The van der Waals surface area contributed by atoms with Crippen molar-refractivity contribution in [3.8, 4) is 0 Å². The van der Waals surface area contributed by atoms with Crippen LogP contribution in [0.15, 0.2) is 21.5 Å². The first-order valence-corrected chi connectivity index (χ1v) is 9.26. The lowest BCUT2D eigenvalue weighted by atomic mass is 10.2. The number of aryl methyl sites for hydroxylation is 1. The number of hydrogen-bond acceptors (Lipinski definition) is 6. The highest BCUT2D eigenvalue weighted by atomic mass is 32.2. The van der Waals surface area contributed by atoms with E-state index in [-0.39, 0.29) is 11.8 Å². The minimum Gasteiger partial charge on any atom is -0.355 e. The van der Waals surface area contributed by atoms with Gasteiger partial charge in [0.2, 0.25) is 5.91 Å². The zero-order valence-corrected chi connectivity index (χ0v) is 14.5. The van der Waals surface area contributed by atoms with Gasteiger partial charge in [-0.25, -0.2) is 4.98 Å². The van der Waals surface area contributed by atoms with Gasteiger partial charge in [0, 0.05) is 42.3 Å². The Morgan fingerprint density at radius 3 is 3.18 bits per heavy atom. The summed E-state index contributed by atoms with van der Waals surface area (Å²) < 4.78 is 0. The summed E-state index contributed by atoms with van der Waals surface area (Å²) in [5.41, 5.74) is 2.11. The standard InChI is InChI=1S/C15H20N4OS2/c1-10(14-18-11(2)8-21-14)7-17-13(20)6-12-9-22-15-16-4-3-5-19(12)15/h8-10H,3-7H2,1-2H3,(H,17,20)/t10-/m0/s1. The van der Waals surface area contributed by atoms with Gasteiger partial charge < -0.3 is 10.2 Å². The summed E-state index contributed by atoms with van der Waals surface area (Å²) in [6.45, 7) is 6.59. The van der Waals surface area contributed by atoms with Crippen molar-refractivity contribution in [2.75, 3.05) is 19.6 Å². The number of carbonyl (C=O) groups is 1. The van der Waals surface area contributed by atoms with Gasteiger partial charge in [-0.3, -0.25) is 9.79 Å². The topological polar surface area (TPSA) is 57.6 Å². The van der Waals surface area contributed by atoms with E-state index in [2.05, 4.69) is 32.5 Å². The fourth-order valence-corrected chi connectivity index (χ4v) is 4.26. The number of amidine groups is 1. The van der Waals surface area contributed by atoms with Crippen LogP contribution in [0.1, 0.15) is 36.4 Å². The highest BCUT2D eigenvalue weighted by Crippen LogP contribution is 2.30. The summed E-state index contributed by atoms with van der Waals surface area (Å²) in [6, 6.07) is 0. The number of rotatable bonds is 5. The fourth-order valence-electron chi connectivity index (χ4n) is 2.45. The van der Waals surface area contributed by atoms with Crippen LogP contribution in [0.5, 0.6) is 0 Å². The first-order chi connectivity index (χ1) is 10.6. The van der Waals surface area contributed by atoms with Crippen LogP contribution in [0, 0.1) is 6.92 Å². The molecule has 0 fully saturated rings. The van der Waals surface area contributed by atoms with Crippen LogP contribution in [0.3, 0.4) is 0 Å². The normalized spacial score (nSPS) is 18.5. The quantitative estimate of drug-likeness (QED) is 0.898. The van der Waals surface area contributed by atoms with Crippen LogP contribution in [0.4, 0.5) is 0 Å². The van der Waals surface area contributed by atoms with Gasteiger partial charge in [-0.2, -0.15) is 0 Å². The predicted molar refractivity (Wildman–Crippen MR) is 92.2 cm³/mol. The number of carbonyl (C=O) groups excluding carboxylic acids is 1. The van der Waals surface area contributed by atoms with E-state index < -0.39 is 0 Å². The Labute approximate surface area is 138 Å². The molecular weight excluding hydrogens is 316 g/mol. The molecule has 1 N–H and O–H groups in total. The zero-order chi connectivity index (χ0) is 15.5. The van der Waals surface area contributed by atoms with Crippen LogP contribution < -0.4 is 5.32 Å². The van der Waals surface area contributed by atoms with Gasteiger partial charge in [0.25, 0.3) is 0 Å². The molecule has 3 rings (SSSR count). The van der Waals surface area contributed by atoms with Crippen molar-refractivity contribution in [1.82, 2.24) is 15.2 Å². The molecule has 22 heavy (non-hydrogen) atoms. The molecule has 118 valence electrons. The molecule has 0 radical (unpaired) electrons. The number of thiazole rings is 1. The number of hydrogen-bond donors (Lipinski definition) is 1. The molecule has 1 atom stereocenters. The lowest BCUT2D eigenvalue weighted by Crippen LogP contribution is -2.33. The van der Waals surface area contributed by atoms with Crippen molar-refractivity contribution < 1.29 is 4.79 Å². The van der Waals surface area contributed by atoms with Gasteiger partial charge in [-0.1, -0.05) is 18.7 Å². The number of nitrogens with one attached hydrogen (secondary N) is 1. The number of fused-ring (bicyclic) bond motifs is 1. The van der Waals surface area contributed by atoms with Crippen LogP contribution in [0.25, 0.3) is 0 Å². The average molecular weight is 336 g/mol. The maximum Gasteiger partial charge on any atom is 0.225 e. The molecule has 3 heterocycles. The predicted octanol–water partition coefficient (Wildman–Crippen LogP) is 2.71. The molecule has 1 aromatic rings. The maximum atomic E-state index is 12.2. The third-order valence-corrected chi connectivity index (χ3v) is 5.81. The van der Waals surface area contributed by atoms with E-state index in [0.29, 0.717) is 13.0 Å². The van der Waals surface area contributed by atoms with Gasteiger partial charge in [-0.15, -0.1) is 11.3 Å². The Bertz CT molecular complexity index is 623. The van der Waals surface area contributed by atoms with Crippen LogP contribution >= 0.6 is 23.1 Å². The lowest BCUT2D eigenvalue weighted by molar-refractivity contribution is -0.120. The van der Waals surface area contributed by atoms with Crippen LogP contribution in [-0.4, -0.2) is 40.6 Å². The molecule has 2 aliphatic rings. The summed E-state index contributed by atoms with van der Waals surface area (Å²) in [5.74, 6) is 0.320. The summed E-state index contributed by atoms with van der Waals surface area (Å²) in [6.07, 6.45) is 1.49. The van der Waals surface area contributed by atoms with Crippen molar-refractivity contribution >= 4 is 34.2 Å². The van der Waals surface area contributed by atoms with Crippen molar-refractivity contribution in [2.24, 2.45) is 4.99 Å². The number of thioether (sulfide) groups is 1. The molecule has 0 saturated heterocycles. The summed E-state index contributed by atoms with van der Waals surface area (Å²) in [7, 11) is 0. The van der Waals surface area contributed by atoms with E-state index in [9.17, 15) is 4.79 Å². The second kappa shape index (κ2) is 6.83. The number of aliphatic imine (C=N–C) groups is 1. The second-order valence-corrected chi connectivity index (χ2v) is 7.33. The summed E-state index contributed by atoms with van der Waals surface area (Å²) in [4.78, 5) is 23.3. The fraction of sp³-hybridized carbons (Fsp3) is 0.533. The van der Waals surface area contributed by atoms with E-state index in [1.165, 1.54) is 0 Å². The largest absolute Gasteiger partial charge is 0.355 e. The molecule has 0 aliphatic carbocycles. The van der Waals surface area contributed by atoms with Crippen LogP contribution in [-0.2, 0) is 4.79 Å². The Kier molecular flexibility index (Phi) is 4.83. The van der Waals surface area contributed by atoms with Gasteiger partial charge in [-0.05, 0) is 18.8 Å². The molecule has 1 amide bonds. The molecule has 0 aromatic carbocycles. The Hall–Kier alpha value is -1.34. The van der Waals surface area contributed by atoms with E-state index in [1.54, 1.807) is 23.1 Å². The molecule has 5 nitrogen and oxygen atoms in total. The number of amides is 1. The van der Waals surface area contributed by atoms with Crippen LogP contribution in [0.2, 0.25) is 0 Å². The van der Waals surface area contributed by atoms with Gasteiger partial charge in [0.05, 0.1) is 11.4 Å². The second-order valence-electron chi connectivity index (χ2n) is 5.61. The van der Waals surface area contributed by atoms with Gasteiger partial charge in [0.15, 0.2) is 5.17 Å². The lowest BCUT2D eigenvalue weighted by Gasteiger charge is -2.25. The minimum atomic E-state index is 0.0683.